The maximum atomic E-state index is 12.0. The fourth-order valence-electron chi connectivity index (χ4n) is 1.70. The van der Waals surface area contributed by atoms with Crippen molar-refractivity contribution >= 4 is 11.0 Å². The van der Waals surface area contributed by atoms with Crippen molar-refractivity contribution in [2.75, 3.05) is 13.1 Å². The van der Waals surface area contributed by atoms with Gasteiger partial charge in [0.2, 0.25) is 0 Å². The van der Waals surface area contributed by atoms with E-state index in [1.54, 1.807) is 6.26 Å². The zero-order valence-electron chi connectivity index (χ0n) is 8.27. The third-order valence-electron chi connectivity index (χ3n) is 2.69. The first-order chi connectivity index (χ1) is 7.34. The first-order valence-corrected chi connectivity index (χ1v) is 5.06. The van der Waals surface area contributed by atoms with Crippen molar-refractivity contribution in [1.29, 1.82) is 0 Å². The Hall–Kier alpha value is -1.61. The highest BCUT2D eigenvalue weighted by atomic mass is 16.3. The average molecular weight is 201 g/mol. The highest BCUT2D eigenvalue weighted by molar-refractivity contribution is 5.76. The van der Waals surface area contributed by atoms with Crippen molar-refractivity contribution in [3.05, 3.63) is 46.3 Å². The lowest BCUT2D eigenvalue weighted by atomic mass is 10.2. The maximum Gasteiger partial charge on any atom is 0.197 e. The Kier molecular flexibility index (Phi) is 1.86. The molecule has 0 amide bonds. The molecule has 0 unspecified atom stereocenters. The molecule has 2 heterocycles. The van der Waals surface area contributed by atoms with Crippen molar-refractivity contribution in [2.45, 2.75) is 6.54 Å². The molecule has 1 aliphatic rings. The van der Waals surface area contributed by atoms with E-state index in [1.165, 1.54) is 0 Å². The molecular formula is C12H11NO2. The van der Waals surface area contributed by atoms with Crippen LogP contribution in [0.3, 0.4) is 0 Å². The largest absolute Gasteiger partial charge is 0.464 e. The summed E-state index contributed by atoms with van der Waals surface area (Å²) in [6.07, 6.45) is 1.59. The number of fused-ring (bicyclic) bond motifs is 1. The highest BCUT2D eigenvalue weighted by Gasteiger charge is 2.19. The first kappa shape index (κ1) is 8.68. The van der Waals surface area contributed by atoms with Crippen LogP contribution in [0, 0.1) is 0 Å². The number of hydrogen-bond donors (Lipinski definition) is 0. The highest BCUT2D eigenvalue weighted by Crippen LogP contribution is 2.14. The van der Waals surface area contributed by atoms with Gasteiger partial charge in [0.25, 0.3) is 0 Å². The molecular weight excluding hydrogens is 190 g/mol. The molecule has 0 saturated carbocycles. The van der Waals surface area contributed by atoms with Crippen molar-refractivity contribution < 1.29 is 4.42 Å². The second-order valence-electron chi connectivity index (χ2n) is 3.86. The monoisotopic (exact) mass is 201 g/mol. The molecule has 1 fully saturated rings. The maximum absolute atomic E-state index is 12.0. The van der Waals surface area contributed by atoms with Gasteiger partial charge in [0.15, 0.2) is 5.43 Å². The molecule has 1 aliphatic heterocycles. The predicted molar refractivity (Wildman–Crippen MR) is 57.8 cm³/mol. The Balaban J connectivity index is 2.15. The molecule has 0 spiro atoms. The third kappa shape index (κ3) is 1.55. The van der Waals surface area contributed by atoms with Gasteiger partial charge in [-0.1, -0.05) is 12.1 Å². The minimum absolute atomic E-state index is 0.101. The standard InChI is InChI=1S/C12H11NO2/c14-12-9(7-13-5-6-13)8-15-11-4-2-1-3-10(11)12/h1-4,8H,5-7H2. The smallest absolute Gasteiger partial charge is 0.197 e. The number of hydrogen-bond acceptors (Lipinski definition) is 3. The summed E-state index contributed by atoms with van der Waals surface area (Å²) >= 11 is 0. The molecule has 1 saturated heterocycles. The molecule has 0 aliphatic carbocycles. The van der Waals surface area contributed by atoms with E-state index in [9.17, 15) is 4.79 Å². The van der Waals surface area contributed by atoms with Crippen LogP contribution in [0.15, 0.2) is 39.7 Å². The van der Waals surface area contributed by atoms with Gasteiger partial charge in [-0.3, -0.25) is 9.69 Å². The van der Waals surface area contributed by atoms with E-state index in [1.807, 2.05) is 24.3 Å². The molecule has 0 radical (unpaired) electrons. The van der Waals surface area contributed by atoms with Crippen molar-refractivity contribution in [1.82, 2.24) is 4.90 Å². The summed E-state index contributed by atoms with van der Waals surface area (Å²) in [6.45, 7) is 2.89. The average Bonchev–Trinajstić information content (AvgIpc) is 3.07. The fourth-order valence-corrected chi connectivity index (χ4v) is 1.70. The summed E-state index contributed by atoms with van der Waals surface area (Å²) in [7, 11) is 0. The van der Waals surface area contributed by atoms with Gasteiger partial charge in [-0.25, -0.2) is 0 Å². The van der Waals surface area contributed by atoms with Gasteiger partial charge >= 0.3 is 0 Å². The Bertz CT molecular complexity index is 555. The number of nitrogens with zero attached hydrogens (tertiary/aromatic N) is 1. The van der Waals surface area contributed by atoms with E-state index < -0.39 is 0 Å². The van der Waals surface area contributed by atoms with Crippen molar-refractivity contribution in [2.24, 2.45) is 0 Å². The van der Waals surface area contributed by atoms with Crippen LogP contribution in [0.25, 0.3) is 11.0 Å². The molecule has 3 heteroatoms. The normalized spacial score (nSPS) is 15.7. The molecule has 1 aromatic heterocycles. The van der Waals surface area contributed by atoms with Gasteiger partial charge in [0.05, 0.1) is 11.6 Å². The van der Waals surface area contributed by atoms with Crippen LogP contribution < -0.4 is 5.43 Å². The molecule has 15 heavy (non-hydrogen) atoms. The van der Waals surface area contributed by atoms with E-state index in [-0.39, 0.29) is 5.43 Å². The van der Waals surface area contributed by atoms with Crippen LogP contribution in [-0.4, -0.2) is 18.0 Å². The summed E-state index contributed by atoms with van der Waals surface area (Å²) in [4.78, 5) is 14.2. The molecule has 1 aromatic carbocycles. The Labute approximate surface area is 86.9 Å². The van der Waals surface area contributed by atoms with Gasteiger partial charge < -0.3 is 4.42 Å². The summed E-state index contributed by atoms with van der Waals surface area (Å²) < 4.78 is 5.43. The number of para-hydroxylation sites is 1. The molecule has 2 aromatic rings. The molecule has 3 rings (SSSR count). The Morgan fingerprint density at radius 2 is 2.07 bits per heavy atom. The minimum atomic E-state index is 0.101. The summed E-state index contributed by atoms with van der Waals surface area (Å²) in [5.41, 5.74) is 1.52. The summed E-state index contributed by atoms with van der Waals surface area (Å²) in [5, 5.41) is 0.678. The van der Waals surface area contributed by atoms with Crippen LogP contribution in [0.5, 0.6) is 0 Å². The summed E-state index contributed by atoms with van der Waals surface area (Å²) in [6, 6.07) is 7.36. The lowest BCUT2D eigenvalue weighted by Crippen LogP contribution is -2.12. The quantitative estimate of drug-likeness (QED) is 0.692. The third-order valence-corrected chi connectivity index (χ3v) is 2.69. The van der Waals surface area contributed by atoms with Crippen molar-refractivity contribution in [3.63, 3.8) is 0 Å². The molecule has 0 N–H and O–H groups in total. The van der Waals surface area contributed by atoms with E-state index in [4.69, 9.17) is 4.42 Å². The lowest BCUT2D eigenvalue weighted by Gasteiger charge is -2.01. The Morgan fingerprint density at radius 1 is 1.27 bits per heavy atom. The molecule has 0 atom stereocenters. The number of benzene rings is 1. The second-order valence-corrected chi connectivity index (χ2v) is 3.86. The second kappa shape index (κ2) is 3.21. The van der Waals surface area contributed by atoms with Crippen LogP contribution >= 0.6 is 0 Å². The van der Waals surface area contributed by atoms with Crippen molar-refractivity contribution in [3.8, 4) is 0 Å². The van der Waals surface area contributed by atoms with Gasteiger partial charge in [-0.15, -0.1) is 0 Å². The van der Waals surface area contributed by atoms with E-state index >= 15 is 0 Å². The lowest BCUT2D eigenvalue weighted by molar-refractivity contribution is 0.526. The van der Waals surface area contributed by atoms with E-state index in [2.05, 4.69) is 4.90 Å². The van der Waals surface area contributed by atoms with Crippen LogP contribution in [0.2, 0.25) is 0 Å². The predicted octanol–water partition coefficient (Wildman–Crippen LogP) is 1.61. The van der Waals surface area contributed by atoms with Crippen LogP contribution in [-0.2, 0) is 6.54 Å². The fraction of sp³-hybridized carbons (Fsp3) is 0.250. The van der Waals surface area contributed by atoms with Gasteiger partial charge in [0, 0.05) is 25.2 Å². The Morgan fingerprint density at radius 3 is 2.87 bits per heavy atom. The van der Waals surface area contributed by atoms with Gasteiger partial charge in [-0.2, -0.15) is 0 Å². The number of rotatable bonds is 2. The SMILES string of the molecule is O=c1c(CN2CC2)coc2ccccc12. The first-order valence-electron chi connectivity index (χ1n) is 5.06. The summed E-state index contributed by atoms with van der Waals surface area (Å²) in [5.74, 6) is 0. The molecule has 3 nitrogen and oxygen atoms in total. The van der Waals surface area contributed by atoms with E-state index in [0.717, 1.165) is 18.7 Å². The van der Waals surface area contributed by atoms with Crippen LogP contribution in [0.4, 0.5) is 0 Å². The zero-order valence-corrected chi connectivity index (χ0v) is 8.27. The molecule has 0 bridgehead atoms. The topological polar surface area (TPSA) is 33.2 Å². The van der Waals surface area contributed by atoms with Crippen LogP contribution in [0.1, 0.15) is 5.56 Å². The minimum Gasteiger partial charge on any atom is -0.464 e. The van der Waals surface area contributed by atoms with E-state index in [0.29, 0.717) is 17.5 Å². The van der Waals surface area contributed by atoms with Gasteiger partial charge in [-0.05, 0) is 12.1 Å². The zero-order chi connectivity index (χ0) is 10.3. The van der Waals surface area contributed by atoms with Gasteiger partial charge in [0.1, 0.15) is 5.58 Å². The molecule has 76 valence electrons.